The van der Waals surface area contributed by atoms with E-state index in [4.69, 9.17) is 42.3 Å². The zero-order valence-electron chi connectivity index (χ0n) is 38.6. The maximum absolute atomic E-state index is 13.2. The summed E-state index contributed by atoms with van der Waals surface area (Å²) in [5.41, 5.74) is 12.4. The lowest BCUT2D eigenvalue weighted by Gasteiger charge is -2.49. The normalized spacial score (nSPS) is 25.5. The number of azide groups is 1. The molecule has 1 N–H and O–H groups in total. The molecule has 2 fully saturated rings. The topological polar surface area (TPSA) is 169 Å². The molecule has 2 saturated heterocycles. The van der Waals surface area contributed by atoms with Crippen molar-refractivity contribution >= 4 is 24.7 Å². The van der Waals surface area contributed by atoms with Crippen LogP contribution in [0.4, 0.5) is 0 Å². The van der Waals surface area contributed by atoms with E-state index < -0.39 is 80.7 Å². The van der Waals surface area contributed by atoms with Crippen LogP contribution in [0.3, 0.4) is 0 Å². The van der Waals surface area contributed by atoms with Gasteiger partial charge in [0.1, 0.15) is 36.6 Å². The van der Waals surface area contributed by atoms with Gasteiger partial charge in [0, 0.05) is 18.9 Å². The minimum Gasteiger partial charge on any atom is -0.454 e. The Hall–Kier alpha value is -5.26. The highest BCUT2D eigenvalue weighted by Crippen LogP contribution is 2.39. The molecular formula is C52H61N3O11Si. The van der Waals surface area contributed by atoms with Crippen molar-refractivity contribution in [2.45, 2.75) is 114 Å². The molecule has 15 heteroatoms. The number of aliphatic hydroxyl groups is 1. The van der Waals surface area contributed by atoms with Gasteiger partial charge in [-0.15, -0.1) is 0 Å². The number of hydrogen-bond donors (Lipinski definition) is 1. The van der Waals surface area contributed by atoms with Crippen LogP contribution in [0.5, 0.6) is 0 Å². The van der Waals surface area contributed by atoms with Crippen molar-refractivity contribution < 1.29 is 52.2 Å². The molecule has 14 nitrogen and oxygen atoms in total. The monoisotopic (exact) mass is 931 g/mol. The average Bonchev–Trinajstić information content (AvgIpc) is 3.34. The number of carbonyl (C=O) groups excluding carboxylic acids is 1. The molecule has 0 bridgehead atoms. The average molecular weight is 932 g/mol. The highest BCUT2D eigenvalue weighted by molar-refractivity contribution is 6.99. The fourth-order valence-electron chi connectivity index (χ4n) is 8.94. The third-order valence-electron chi connectivity index (χ3n) is 12.1. The molecule has 7 rings (SSSR count). The Morgan fingerprint density at radius 1 is 0.657 bits per heavy atom. The van der Waals surface area contributed by atoms with E-state index in [-0.39, 0.29) is 33.0 Å². The number of methoxy groups -OCH3 is 1. The summed E-state index contributed by atoms with van der Waals surface area (Å²) in [4.78, 5) is 16.2. The second-order valence-electron chi connectivity index (χ2n) is 17.7. The lowest BCUT2D eigenvalue weighted by Crippen LogP contribution is -2.69. The van der Waals surface area contributed by atoms with Gasteiger partial charge >= 0.3 is 5.97 Å². The molecule has 2 aliphatic rings. The van der Waals surface area contributed by atoms with Gasteiger partial charge in [0.05, 0.1) is 39.1 Å². The maximum atomic E-state index is 13.2. The summed E-state index contributed by atoms with van der Waals surface area (Å²) in [6.07, 6.45) is -10.4. The van der Waals surface area contributed by atoms with E-state index in [1.54, 1.807) is 0 Å². The van der Waals surface area contributed by atoms with Crippen LogP contribution in [0.1, 0.15) is 44.4 Å². The summed E-state index contributed by atoms with van der Waals surface area (Å²) in [6.45, 7) is 8.25. The zero-order chi connectivity index (χ0) is 47.2. The smallest absolute Gasteiger partial charge is 0.303 e. The molecule has 0 radical (unpaired) electrons. The number of hydrogen-bond acceptors (Lipinski definition) is 12. The fraction of sp³-hybridized carbons (Fsp3) is 0.404. The Morgan fingerprint density at radius 3 is 1.60 bits per heavy atom. The van der Waals surface area contributed by atoms with Gasteiger partial charge in [0.25, 0.3) is 8.32 Å². The molecule has 0 aromatic heterocycles. The first-order valence-electron chi connectivity index (χ1n) is 22.6. The summed E-state index contributed by atoms with van der Waals surface area (Å²) >= 11 is 0. The van der Waals surface area contributed by atoms with Gasteiger partial charge in [0.15, 0.2) is 18.7 Å². The molecular weight excluding hydrogens is 871 g/mol. The molecule has 0 spiro atoms. The third-order valence-corrected chi connectivity index (χ3v) is 17.1. The minimum absolute atomic E-state index is 0.0173. The second kappa shape index (κ2) is 23.6. The number of benzene rings is 5. The van der Waals surface area contributed by atoms with Crippen molar-refractivity contribution in [1.29, 1.82) is 0 Å². The van der Waals surface area contributed by atoms with Crippen molar-refractivity contribution in [3.8, 4) is 0 Å². The Kier molecular flexibility index (Phi) is 17.5. The zero-order valence-corrected chi connectivity index (χ0v) is 39.6. The highest BCUT2D eigenvalue weighted by atomic mass is 28.4. The van der Waals surface area contributed by atoms with E-state index >= 15 is 0 Å². The molecule has 0 aliphatic carbocycles. The van der Waals surface area contributed by atoms with Crippen LogP contribution < -0.4 is 10.4 Å². The number of rotatable bonds is 20. The quantitative estimate of drug-likeness (QED) is 0.0271. The van der Waals surface area contributed by atoms with Crippen molar-refractivity contribution in [2.24, 2.45) is 5.11 Å². The number of nitrogens with zero attached hydrogens (tertiary/aromatic N) is 3. The van der Waals surface area contributed by atoms with Gasteiger partial charge in [-0.25, -0.2) is 0 Å². The predicted octanol–water partition coefficient (Wildman–Crippen LogP) is 7.40. The van der Waals surface area contributed by atoms with Crippen LogP contribution in [-0.2, 0) is 66.9 Å². The van der Waals surface area contributed by atoms with Crippen molar-refractivity contribution in [3.63, 3.8) is 0 Å². The summed E-state index contributed by atoms with van der Waals surface area (Å²) < 4.78 is 59.3. The predicted molar refractivity (Wildman–Crippen MR) is 253 cm³/mol. The van der Waals surface area contributed by atoms with Crippen LogP contribution in [0.2, 0.25) is 5.04 Å². The van der Waals surface area contributed by atoms with Gasteiger partial charge in [0.2, 0.25) is 0 Å². The van der Waals surface area contributed by atoms with E-state index in [0.717, 1.165) is 27.1 Å². The van der Waals surface area contributed by atoms with Crippen molar-refractivity contribution in [1.82, 2.24) is 0 Å². The maximum Gasteiger partial charge on any atom is 0.303 e. The van der Waals surface area contributed by atoms with Crippen LogP contribution in [0.25, 0.3) is 10.4 Å². The minimum atomic E-state index is -3.18. The molecule has 5 aromatic rings. The summed E-state index contributed by atoms with van der Waals surface area (Å²) in [6, 6.07) is 48.0. The fourth-order valence-corrected chi connectivity index (χ4v) is 13.5. The van der Waals surface area contributed by atoms with E-state index in [2.05, 4.69) is 55.1 Å². The standard InChI is InChI=1S/C52H61N3O11Si/c1-36(56)63-49-48(61-33-39-25-15-8-16-26-39)47(60-32-38-23-13-7-14-24-38)42(34-59-31-37-21-11-6-12-22-37)65-51(49)66-46-43(64-50(58-5)44(45(46)57)54-55-53)35-62-67(52(2,3)4,40-27-17-9-18-28-40)41-29-19-10-20-30-41/h6-30,42-51,57H,31-35H2,1-5H3/t42-,43-,44-,45-,46-,47-,48+,49-,50-,51+/m1/s1. The van der Waals surface area contributed by atoms with Crippen LogP contribution >= 0.6 is 0 Å². The first-order chi connectivity index (χ1) is 32.5. The van der Waals surface area contributed by atoms with Gasteiger partial charge in [-0.2, -0.15) is 0 Å². The highest BCUT2D eigenvalue weighted by Gasteiger charge is 2.56. The van der Waals surface area contributed by atoms with Gasteiger partial charge < -0.3 is 47.4 Å². The largest absolute Gasteiger partial charge is 0.454 e. The van der Waals surface area contributed by atoms with Crippen molar-refractivity contribution in [3.05, 3.63) is 179 Å². The summed E-state index contributed by atoms with van der Waals surface area (Å²) in [5, 5.41) is 17.9. The molecule has 2 heterocycles. The van der Waals surface area contributed by atoms with Gasteiger partial charge in [-0.3, -0.25) is 4.79 Å². The number of ether oxygens (including phenoxy) is 8. The Labute approximate surface area is 393 Å². The van der Waals surface area contributed by atoms with Crippen LogP contribution in [0.15, 0.2) is 157 Å². The Balaban J connectivity index is 1.28. The summed E-state index contributed by atoms with van der Waals surface area (Å²) in [5.74, 6) is -0.630. The molecule has 0 unspecified atom stereocenters. The Morgan fingerprint density at radius 2 is 1.12 bits per heavy atom. The van der Waals surface area contributed by atoms with Crippen LogP contribution in [-0.4, -0.2) is 101 Å². The first-order valence-corrected chi connectivity index (χ1v) is 24.5. The molecule has 2 aliphatic heterocycles. The summed E-state index contributed by atoms with van der Waals surface area (Å²) in [7, 11) is -1.78. The molecule has 10 atom stereocenters. The third kappa shape index (κ3) is 12.3. The molecule has 5 aromatic carbocycles. The van der Waals surface area contributed by atoms with Gasteiger partial charge in [-0.1, -0.05) is 178 Å². The molecule has 354 valence electrons. The Bertz CT molecular complexity index is 2270. The van der Waals surface area contributed by atoms with E-state index in [0.29, 0.717) is 0 Å². The number of carbonyl (C=O) groups is 1. The first kappa shape index (κ1) is 49.6. The van der Waals surface area contributed by atoms with E-state index in [1.807, 2.05) is 127 Å². The SMILES string of the molecule is CO[C@@H]1O[C@H](CO[Si](c2ccccc2)(c2ccccc2)C(C)(C)C)[C@@H](O[C@@H]2O[C@H](COCc3ccccc3)[C@@H](OCc3ccccc3)[C@H](OCc3ccccc3)[C@H]2OC(C)=O)[C@H](O)[C@H]1N=[N+]=[N-]. The molecule has 0 saturated carbocycles. The van der Waals surface area contributed by atoms with Crippen LogP contribution in [0, 0.1) is 0 Å². The van der Waals surface area contributed by atoms with E-state index in [9.17, 15) is 15.4 Å². The number of aliphatic hydroxyl groups excluding tert-OH is 1. The lowest BCUT2D eigenvalue weighted by atomic mass is 9.95. The van der Waals surface area contributed by atoms with Gasteiger partial charge in [-0.05, 0) is 37.6 Å². The second-order valence-corrected chi connectivity index (χ2v) is 22.0. The lowest BCUT2D eigenvalue weighted by molar-refractivity contribution is -0.354. The molecule has 67 heavy (non-hydrogen) atoms. The van der Waals surface area contributed by atoms with E-state index in [1.165, 1.54) is 14.0 Å². The van der Waals surface area contributed by atoms with Crippen molar-refractivity contribution in [2.75, 3.05) is 20.3 Å². The molecule has 0 amide bonds. The number of esters is 1.